The summed E-state index contributed by atoms with van der Waals surface area (Å²) in [6, 6.07) is 33.4. The first-order chi connectivity index (χ1) is 16.6. The fourth-order valence-electron chi connectivity index (χ4n) is 4.92. The molecule has 0 aliphatic heterocycles. The van der Waals surface area contributed by atoms with Gasteiger partial charge in [-0.05, 0) is 75.8 Å². The van der Waals surface area contributed by atoms with E-state index in [0.29, 0.717) is 5.88 Å². The van der Waals surface area contributed by atoms with Gasteiger partial charge in [-0.25, -0.2) is 4.98 Å². The van der Waals surface area contributed by atoms with Crippen molar-refractivity contribution in [2.45, 2.75) is 19.3 Å². The van der Waals surface area contributed by atoms with Crippen LogP contribution in [0.1, 0.15) is 25.0 Å². The fourth-order valence-corrected chi connectivity index (χ4v) is 4.92. The molecule has 0 bridgehead atoms. The molecule has 1 aliphatic rings. The molecule has 3 heteroatoms. The molecule has 0 atom stereocenters. The lowest BCUT2D eigenvalue weighted by atomic mass is 9.81. The Hall–Kier alpha value is -4.24. The van der Waals surface area contributed by atoms with Gasteiger partial charge in [0.2, 0.25) is 5.88 Å². The van der Waals surface area contributed by atoms with Crippen LogP contribution < -0.4 is 4.74 Å². The van der Waals surface area contributed by atoms with E-state index in [9.17, 15) is 0 Å². The van der Waals surface area contributed by atoms with Gasteiger partial charge in [0.15, 0.2) is 0 Å². The lowest BCUT2D eigenvalue weighted by Gasteiger charge is -2.22. The predicted molar refractivity (Wildman–Crippen MR) is 137 cm³/mol. The highest BCUT2D eigenvalue weighted by Crippen LogP contribution is 2.49. The molecule has 2 aromatic heterocycles. The molecule has 2 heterocycles. The van der Waals surface area contributed by atoms with Crippen molar-refractivity contribution in [1.29, 1.82) is 0 Å². The molecule has 0 fully saturated rings. The highest BCUT2D eigenvalue weighted by Gasteiger charge is 2.35. The smallest absolute Gasteiger partial charge is 0.219 e. The number of rotatable bonds is 4. The number of ether oxygens (including phenoxy) is 1. The molecule has 0 radical (unpaired) electrons. The first-order valence-corrected chi connectivity index (χ1v) is 11.5. The zero-order valence-corrected chi connectivity index (χ0v) is 19.2. The zero-order chi connectivity index (χ0) is 23.1. The molecular formula is C31H24N2O. The number of benzene rings is 3. The second-order valence-electron chi connectivity index (χ2n) is 9.16. The third-order valence-electron chi connectivity index (χ3n) is 6.64. The number of hydrogen-bond donors (Lipinski definition) is 0. The number of aromatic nitrogens is 2. The quantitative estimate of drug-likeness (QED) is 0.285. The second kappa shape index (κ2) is 7.96. The van der Waals surface area contributed by atoms with Crippen LogP contribution in [0.3, 0.4) is 0 Å². The number of hydrogen-bond acceptors (Lipinski definition) is 3. The maximum Gasteiger partial charge on any atom is 0.219 e. The molecule has 5 aromatic rings. The van der Waals surface area contributed by atoms with Crippen molar-refractivity contribution < 1.29 is 4.74 Å². The van der Waals surface area contributed by atoms with E-state index in [1.807, 2.05) is 48.7 Å². The summed E-state index contributed by atoms with van der Waals surface area (Å²) >= 11 is 0. The molecule has 0 spiro atoms. The van der Waals surface area contributed by atoms with Gasteiger partial charge in [0, 0.05) is 29.4 Å². The summed E-state index contributed by atoms with van der Waals surface area (Å²) in [6.07, 6.45) is 3.55. The van der Waals surface area contributed by atoms with Crippen molar-refractivity contribution >= 4 is 0 Å². The minimum absolute atomic E-state index is 0.0478. The van der Waals surface area contributed by atoms with Crippen LogP contribution in [0.4, 0.5) is 0 Å². The van der Waals surface area contributed by atoms with Gasteiger partial charge in [0.1, 0.15) is 5.75 Å². The first-order valence-electron chi connectivity index (χ1n) is 11.5. The third kappa shape index (κ3) is 3.46. The Kier molecular flexibility index (Phi) is 4.77. The van der Waals surface area contributed by atoms with Gasteiger partial charge in [-0.3, -0.25) is 4.98 Å². The summed E-state index contributed by atoms with van der Waals surface area (Å²) in [5.41, 5.74) is 9.48. The van der Waals surface area contributed by atoms with Crippen molar-refractivity contribution in [3.63, 3.8) is 0 Å². The van der Waals surface area contributed by atoms with E-state index in [-0.39, 0.29) is 5.41 Å². The van der Waals surface area contributed by atoms with Gasteiger partial charge in [-0.1, -0.05) is 62.4 Å². The third-order valence-corrected chi connectivity index (χ3v) is 6.64. The van der Waals surface area contributed by atoms with E-state index in [1.165, 1.54) is 22.3 Å². The van der Waals surface area contributed by atoms with Crippen LogP contribution in [-0.2, 0) is 5.41 Å². The number of fused-ring (bicyclic) bond motifs is 3. The van der Waals surface area contributed by atoms with Crippen molar-refractivity contribution in [3.05, 3.63) is 121 Å². The van der Waals surface area contributed by atoms with E-state index >= 15 is 0 Å². The Morgan fingerprint density at radius 2 is 1.32 bits per heavy atom. The molecule has 164 valence electrons. The molecule has 0 unspecified atom stereocenters. The molecule has 34 heavy (non-hydrogen) atoms. The maximum atomic E-state index is 6.15. The van der Waals surface area contributed by atoms with Gasteiger partial charge < -0.3 is 4.74 Å². The minimum atomic E-state index is -0.0478. The van der Waals surface area contributed by atoms with Crippen molar-refractivity contribution in [2.75, 3.05) is 0 Å². The van der Waals surface area contributed by atoms with E-state index in [1.54, 1.807) is 6.20 Å². The van der Waals surface area contributed by atoms with Crippen LogP contribution >= 0.6 is 0 Å². The summed E-state index contributed by atoms with van der Waals surface area (Å²) in [4.78, 5) is 8.90. The van der Waals surface area contributed by atoms with Gasteiger partial charge in [0.05, 0.1) is 5.69 Å². The largest absolute Gasteiger partial charge is 0.439 e. The van der Waals surface area contributed by atoms with Crippen molar-refractivity contribution in [3.8, 4) is 45.1 Å². The second-order valence-corrected chi connectivity index (χ2v) is 9.16. The summed E-state index contributed by atoms with van der Waals surface area (Å²) in [5, 5.41) is 0. The van der Waals surface area contributed by atoms with Crippen LogP contribution in [0.15, 0.2) is 109 Å². The van der Waals surface area contributed by atoms with E-state index < -0.39 is 0 Å². The Bertz CT molecular complexity index is 1490. The molecule has 0 saturated heterocycles. The van der Waals surface area contributed by atoms with Crippen LogP contribution in [0, 0.1) is 0 Å². The van der Waals surface area contributed by atoms with Gasteiger partial charge in [0.25, 0.3) is 0 Å². The molecular weight excluding hydrogens is 416 g/mol. The zero-order valence-electron chi connectivity index (χ0n) is 19.2. The van der Waals surface area contributed by atoms with Crippen LogP contribution in [0.5, 0.6) is 11.6 Å². The monoisotopic (exact) mass is 440 g/mol. The Morgan fingerprint density at radius 1 is 0.588 bits per heavy atom. The molecule has 0 saturated carbocycles. The minimum Gasteiger partial charge on any atom is -0.439 e. The highest BCUT2D eigenvalue weighted by molar-refractivity contribution is 5.84. The fraction of sp³-hybridized carbons (Fsp3) is 0.0968. The summed E-state index contributed by atoms with van der Waals surface area (Å²) in [6.45, 7) is 4.61. The van der Waals surface area contributed by atoms with Gasteiger partial charge in [-0.15, -0.1) is 0 Å². The topological polar surface area (TPSA) is 35.0 Å². The van der Waals surface area contributed by atoms with Crippen LogP contribution in [-0.4, -0.2) is 9.97 Å². The van der Waals surface area contributed by atoms with Gasteiger partial charge in [-0.2, -0.15) is 0 Å². The van der Waals surface area contributed by atoms with E-state index in [4.69, 9.17) is 4.74 Å². The molecule has 0 amide bonds. The SMILES string of the molecule is CC1(C)c2ccccc2-c2ccc(-c3cc(Oc4ccccn4)cc(-c4ccccn4)c3)cc21. The Morgan fingerprint density at radius 3 is 2.12 bits per heavy atom. The van der Waals surface area contributed by atoms with Crippen LogP contribution in [0.25, 0.3) is 33.5 Å². The lowest BCUT2D eigenvalue weighted by Crippen LogP contribution is -2.14. The molecule has 3 nitrogen and oxygen atoms in total. The number of pyridine rings is 2. The molecule has 3 aromatic carbocycles. The van der Waals surface area contributed by atoms with E-state index in [2.05, 4.69) is 78.4 Å². The predicted octanol–water partition coefficient (Wildman–Crippen LogP) is 7.91. The Labute approximate surface area is 199 Å². The molecule has 1 aliphatic carbocycles. The highest BCUT2D eigenvalue weighted by atomic mass is 16.5. The average Bonchev–Trinajstić information content (AvgIpc) is 3.11. The van der Waals surface area contributed by atoms with Crippen LogP contribution in [0.2, 0.25) is 0 Å². The number of nitrogens with zero attached hydrogens (tertiary/aromatic N) is 2. The standard InChI is InChI=1S/C31H24N2O/c1-31(2)27-10-4-3-9-25(27)26-14-13-21(20-28(26)31)22-17-23(29-11-5-7-15-32-29)19-24(18-22)34-30-12-6-8-16-33-30/h3-20H,1-2H3. The molecule has 0 N–H and O–H groups in total. The molecule has 6 rings (SSSR count). The van der Waals surface area contributed by atoms with Crippen molar-refractivity contribution in [2.24, 2.45) is 0 Å². The lowest BCUT2D eigenvalue weighted by molar-refractivity contribution is 0.463. The Balaban J connectivity index is 1.48. The van der Waals surface area contributed by atoms with E-state index in [0.717, 1.165) is 28.1 Å². The van der Waals surface area contributed by atoms with Gasteiger partial charge >= 0.3 is 0 Å². The normalized spacial score (nSPS) is 13.2. The maximum absolute atomic E-state index is 6.15. The first kappa shape index (κ1) is 20.4. The summed E-state index contributed by atoms with van der Waals surface area (Å²) < 4.78 is 6.15. The summed E-state index contributed by atoms with van der Waals surface area (Å²) in [7, 11) is 0. The average molecular weight is 441 g/mol. The van der Waals surface area contributed by atoms with Crippen molar-refractivity contribution in [1.82, 2.24) is 9.97 Å². The summed E-state index contributed by atoms with van der Waals surface area (Å²) in [5.74, 6) is 1.30.